The van der Waals surface area contributed by atoms with E-state index < -0.39 is 35.6 Å². The molecule has 3 fully saturated rings. The Morgan fingerprint density at radius 1 is 0.940 bits per heavy atom. The Bertz CT molecular complexity index is 1880. The number of carbonyl (C=O) groups is 3. The monoisotopic (exact) mass is 674 g/mol. The molecule has 11 heteroatoms. The average molecular weight is 675 g/mol. The van der Waals surface area contributed by atoms with E-state index in [1.54, 1.807) is 26.6 Å². The summed E-state index contributed by atoms with van der Waals surface area (Å²) in [7, 11) is 0. The molecular formula is C39H42N6O5. The molecule has 2 unspecified atom stereocenters. The minimum atomic E-state index is -1.25. The predicted octanol–water partition coefficient (Wildman–Crippen LogP) is 3.60. The lowest BCUT2D eigenvalue weighted by atomic mass is 9.70. The largest absolute Gasteiger partial charge is 0.394 e. The van der Waals surface area contributed by atoms with Crippen LogP contribution >= 0.6 is 0 Å². The van der Waals surface area contributed by atoms with Crippen molar-refractivity contribution in [1.29, 1.82) is 0 Å². The van der Waals surface area contributed by atoms with Crippen molar-refractivity contribution in [2.24, 2.45) is 11.8 Å². The van der Waals surface area contributed by atoms with Gasteiger partial charge < -0.3 is 24.5 Å². The molecule has 3 saturated heterocycles. The second kappa shape index (κ2) is 14.0. The molecule has 0 aliphatic carbocycles. The Morgan fingerprint density at radius 3 is 2.30 bits per heavy atom. The molecule has 258 valence electrons. The molecule has 3 amide bonds. The van der Waals surface area contributed by atoms with Gasteiger partial charge in [-0.15, -0.1) is 18.3 Å². The van der Waals surface area contributed by atoms with E-state index in [0.717, 1.165) is 16.6 Å². The van der Waals surface area contributed by atoms with Crippen molar-refractivity contribution in [3.05, 3.63) is 121 Å². The molecule has 1 aromatic heterocycles. The number of amides is 3. The molecule has 2 bridgehead atoms. The van der Waals surface area contributed by atoms with E-state index in [1.165, 1.54) is 4.90 Å². The zero-order chi connectivity index (χ0) is 34.8. The lowest BCUT2D eigenvalue weighted by Crippen LogP contribution is -2.59. The first kappa shape index (κ1) is 33.4. The normalized spacial score (nSPS) is 24.3. The number of aliphatic hydroxyl groups excluding tert-OH is 1. The maximum Gasteiger partial charge on any atom is 0.250 e. The smallest absolute Gasteiger partial charge is 0.250 e. The van der Waals surface area contributed by atoms with Gasteiger partial charge in [-0.1, -0.05) is 90.2 Å². The molecule has 3 aromatic carbocycles. The Morgan fingerprint density at radius 2 is 1.60 bits per heavy atom. The van der Waals surface area contributed by atoms with Gasteiger partial charge in [0.15, 0.2) is 0 Å². The first-order valence-electron chi connectivity index (χ1n) is 17.2. The summed E-state index contributed by atoms with van der Waals surface area (Å²) in [4.78, 5) is 49.4. The number of likely N-dealkylation sites (tertiary alicyclic amines) is 1. The number of rotatable bonds is 14. The molecule has 50 heavy (non-hydrogen) atoms. The van der Waals surface area contributed by atoms with Crippen LogP contribution in [0, 0.1) is 11.8 Å². The van der Waals surface area contributed by atoms with Crippen molar-refractivity contribution in [2.75, 3.05) is 19.7 Å². The fraction of sp³-hybridized carbons (Fsp3) is 0.359. The third kappa shape index (κ3) is 5.80. The van der Waals surface area contributed by atoms with E-state index in [-0.39, 0.29) is 37.5 Å². The summed E-state index contributed by atoms with van der Waals surface area (Å²) in [6, 6.07) is 25.0. The quantitative estimate of drug-likeness (QED) is 0.203. The zero-order valence-corrected chi connectivity index (χ0v) is 28.0. The van der Waals surface area contributed by atoms with Crippen LogP contribution in [0.4, 0.5) is 0 Å². The maximum absolute atomic E-state index is 15.1. The second-order valence-electron chi connectivity index (χ2n) is 13.4. The number of benzene rings is 3. The van der Waals surface area contributed by atoms with Crippen molar-refractivity contribution < 1.29 is 24.2 Å². The van der Waals surface area contributed by atoms with Crippen LogP contribution in [-0.4, -0.2) is 96.0 Å². The van der Waals surface area contributed by atoms with Gasteiger partial charge in [0, 0.05) is 19.6 Å². The lowest BCUT2D eigenvalue weighted by molar-refractivity contribution is -0.153. The Labute approximate surface area is 291 Å². The van der Waals surface area contributed by atoms with Crippen molar-refractivity contribution in [2.45, 2.75) is 56.3 Å². The number of aromatic nitrogens is 3. The Kier molecular flexibility index (Phi) is 9.35. The standard InChI is InChI=1S/C39H42N6O5/c1-3-21-42(24-28-15-9-6-10-16-28)36(47)33-32-19-20-39(50-32)34(33)37(48)45(29(25-46)23-27-13-7-5-8-14-27)35(39)38(49)43(22-4-2)26-44-31-18-12-11-17-30(31)40-41-44/h3-18,29,32-35,46H,1-2,19-26H2/t29-,32-,33+,34+,35?,39?/m1/s1. The minimum Gasteiger partial charge on any atom is -0.394 e. The van der Waals surface area contributed by atoms with Crippen molar-refractivity contribution in [1.82, 2.24) is 29.7 Å². The predicted molar refractivity (Wildman–Crippen MR) is 187 cm³/mol. The zero-order valence-electron chi connectivity index (χ0n) is 28.0. The molecule has 4 aromatic rings. The Hall–Kier alpha value is -5.13. The average Bonchev–Trinajstić information content (AvgIpc) is 3.90. The number of hydrogen-bond acceptors (Lipinski definition) is 7. The van der Waals surface area contributed by atoms with Gasteiger partial charge in [0.25, 0.3) is 0 Å². The van der Waals surface area contributed by atoms with Gasteiger partial charge in [-0.3, -0.25) is 14.4 Å². The van der Waals surface area contributed by atoms with Crippen LogP contribution in [0.3, 0.4) is 0 Å². The molecule has 4 heterocycles. The molecule has 1 N–H and O–H groups in total. The van der Waals surface area contributed by atoms with Gasteiger partial charge in [-0.2, -0.15) is 0 Å². The molecule has 1 spiro atoms. The minimum absolute atomic E-state index is 0.0586. The van der Waals surface area contributed by atoms with Gasteiger partial charge in [0.2, 0.25) is 17.7 Å². The van der Waals surface area contributed by atoms with Gasteiger partial charge in [-0.25, -0.2) is 4.68 Å². The Balaban J connectivity index is 1.28. The summed E-state index contributed by atoms with van der Waals surface area (Å²) in [5.41, 5.74) is 2.07. The highest BCUT2D eigenvalue weighted by Crippen LogP contribution is 2.59. The van der Waals surface area contributed by atoms with E-state index in [9.17, 15) is 14.7 Å². The summed E-state index contributed by atoms with van der Waals surface area (Å²) in [5.74, 6) is -2.58. The maximum atomic E-state index is 15.1. The second-order valence-corrected chi connectivity index (χ2v) is 13.4. The van der Waals surface area contributed by atoms with E-state index in [2.05, 4.69) is 23.5 Å². The fourth-order valence-electron chi connectivity index (χ4n) is 8.31. The molecule has 7 rings (SSSR count). The molecule has 3 aliphatic rings. The first-order valence-corrected chi connectivity index (χ1v) is 17.2. The third-order valence-electron chi connectivity index (χ3n) is 10.4. The van der Waals surface area contributed by atoms with Crippen molar-refractivity contribution >= 4 is 28.8 Å². The van der Waals surface area contributed by atoms with Crippen LogP contribution in [0.15, 0.2) is 110 Å². The van der Waals surface area contributed by atoms with E-state index in [1.807, 2.05) is 84.9 Å². The third-order valence-corrected chi connectivity index (χ3v) is 10.4. The van der Waals surface area contributed by atoms with Crippen LogP contribution in [0.25, 0.3) is 11.0 Å². The first-order chi connectivity index (χ1) is 24.4. The van der Waals surface area contributed by atoms with Gasteiger partial charge in [0.1, 0.15) is 23.8 Å². The summed E-state index contributed by atoms with van der Waals surface area (Å²) in [6.07, 6.45) is 4.08. The number of aliphatic hydroxyl groups is 1. The molecule has 6 atom stereocenters. The summed E-state index contributed by atoms with van der Waals surface area (Å²) in [5, 5.41) is 19.5. The lowest BCUT2D eigenvalue weighted by Gasteiger charge is -2.39. The SMILES string of the molecule is C=CCN(Cn1nnc2ccccc21)C(=O)C1N([C@@H](CO)Cc2ccccc2)C(=O)[C@@H]2[C@@H](C(=O)N(CC=C)Cc3ccccc3)[C@H]3CCC12O3. The summed E-state index contributed by atoms with van der Waals surface area (Å²) >= 11 is 0. The molecule has 3 aliphatic heterocycles. The number of hydrogen-bond donors (Lipinski definition) is 1. The van der Waals surface area contributed by atoms with Gasteiger partial charge in [-0.05, 0) is 42.5 Å². The number of para-hydroxylation sites is 1. The number of fused-ring (bicyclic) bond motifs is 2. The number of ether oxygens (including phenoxy) is 1. The highest BCUT2D eigenvalue weighted by Gasteiger charge is 2.75. The highest BCUT2D eigenvalue weighted by molar-refractivity contribution is 5.99. The summed E-state index contributed by atoms with van der Waals surface area (Å²) < 4.78 is 8.43. The van der Waals surface area contributed by atoms with Crippen LogP contribution in [0.1, 0.15) is 24.0 Å². The topological polar surface area (TPSA) is 121 Å². The van der Waals surface area contributed by atoms with E-state index in [4.69, 9.17) is 4.74 Å². The van der Waals surface area contributed by atoms with Crippen molar-refractivity contribution in [3.63, 3.8) is 0 Å². The molecule has 0 radical (unpaired) electrons. The van der Waals surface area contributed by atoms with Crippen molar-refractivity contribution in [3.8, 4) is 0 Å². The molecule has 0 saturated carbocycles. The molecule has 11 nitrogen and oxygen atoms in total. The van der Waals surface area contributed by atoms with Gasteiger partial charge >= 0.3 is 0 Å². The number of nitrogens with zero attached hydrogens (tertiary/aromatic N) is 6. The van der Waals surface area contributed by atoms with Crippen LogP contribution < -0.4 is 0 Å². The van der Waals surface area contributed by atoms with E-state index in [0.29, 0.717) is 37.9 Å². The highest BCUT2D eigenvalue weighted by atomic mass is 16.5. The van der Waals surface area contributed by atoms with Crippen LogP contribution in [0.5, 0.6) is 0 Å². The molecular weight excluding hydrogens is 632 g/mol. The van der Waals surface area contributed by atoms with Crippen LogP contribution in [0.2, 0.25) is 0 Å². The summed E-state index contributed by atoms with van der Waals surface area (Å²) in [6.45, 7) is 8.30. The number of carbonyl (C=O) groups excluding carboxylic acids is 3. The van der Waals surface area contributed by atoms with E-state index >= 15 is 4.79 Å². The fourth-order valence-corrected chi connectivity index (χ4v) is 8.31. The van der Waals surface area contributed by atoms with Gasteiger partial charge in [0.05, 0.1) is 36.1 Å². The van der Waals surface area contributed by atoms with Crippen LogP contribution in [-0.2, 0) is 38.8 Å².